The van der Waals surface area contributed by atoms with Crippen LogP contribution in [0.1, 0.15) is 25.8 Å². The van der Waals surface area contributed by atoms with Crippen LogP contribution in [0.4, 0.5) is 0 Å². The summed E-state index contributed by atoms with van der Waals surface area (Å²) in [4.78, 5) is 10.7. The number of nitrogens with zero attached hydrogens (tertiary/aromatic N) is 2. The summed E-state index contributed by atoms with van der Waals surface area (Å²) in [6.07, 6.45) is 0.459. The molecule has 0 aliphatic heterocycles. The number of hydrogen-bond acceptors (Lipinski definition) is 4. The summed E-state index contributed by atoms with van der Waals surface area (Å²) in [5.74, 6) is -1.25. The lowest BCUT2D eigenvalue weighted by Crippen LogP contribution is -2.41. The van der Waals surface area contributed by atoms with Crippen molar-refractivity contribution in [3.8, 4) is 6.07 Å². The summed E-state index contributed by atoms with van der Waals surface area (Å²) in [5.41, 5.74) is 0.229. The third-order valence-corrected chi connectivity index (χ3v) is 5.46. The molecule has 0 amide bonds. The molecule has 0 bridgehead atoms. The minimum absolute atomic E-state index is 0.104. The highest BCUT2D eigenvalue weighted by Crippen LogP contribution is 2.27. The zero-order chi connectivity index (χ0) is 16.2. The highest BCUT2D eigenvalue weighted by atomic mass is 35.5. The molecule has 1 rings (SSSR count). The van der Waals surface area contributed by atoms with Gasteiger partial charge in [0.05, 0.1) is 16.7 Å². The predicted octanol–water partition coefficient (Wildman–Crippen LogP) is 2.09. The van der Waals surface area contributed by atoms with Gasteiger partial charge in [-0.2, -0.15) is 9.57 Å². The maximum absolute atomic E-state index is 12.6. The Balaban J connectivity index is 3.35. The Morgan fingerprint density at radius 3 is 2.57 bits per heavy atom. The van der Waals surface area contributed by atoms with Crippen LogP contribution in [0.2, 0.25) is 5.02 Å². The van der Waals surface area contributed by atoms with E-state index in [2.05, 4.69) is 0 Å². The minimum atomic E-state index is -4.05. The molecule has 8 heteroatoms. The van der Waals surface area contributed by atoms with Crippen molar-refractivity contribution >= 4 is 27.6 Å². The maximum Gasteiger partial charge on any atom is 0.318 e. The molecule has 0 saturated carbocycles. The summed E-state index contributed by atoms with van der Waals surface area (Å²) in [6, 6.07) is 5.15. The van der Waals surface area contributed by atoms with E-state index in [1.807, 2.05) is 6.07 Å². The van der Waals surface area contributed by atoms with Crippen molar-refractivity contribution < 1.29 is 18.3 Å². The SMILES string of the molecule is CCC(C)N(CC(=O)O)S(=O)(=O)c1ccc(C#N)cc1Cl. The van der Waals surface area contributed by atoms with Crippen LogP contribution in [0.15, 0.2) is 23.1 Å². The van der Waals surface area contributed by atoms with Crippen molar-refractivity contribution in [2.24, 2.45) is 0 Å². The first-order valence-corrected chi connectivity index (χ1v) is 7.99. The van der Waals surface area contributed by atoms with Gasteiger partial charge in [-0.05, 0) is 31.5 Å². The summed E-state index contributed by atoms with van der Waals surface area (Å²) < 4.78 is 26.1. The van der Waals surface area contributed by atoms with Crippen molar-refractivity contribution in [2.75, 3.05) is 6.54 Å². The number of carboxylic acids is 1. The molecule has 1 aromatic carbocycles. The molecule has 0 aliphatic rings. The van der Waals surface area contributed by atoms with Crippen LogP contribution >= 0.6 is 11.6 Å². The van der Waals surface area contributed by atoms with Gasteiger partial charge in [0.1, 0.15) is 11.4 Å². The Bertz CT molecular complexity index is 682. The molecule has 0 fully saturated rings. The highest BCUT2D eigenvalue weighted by Gasteiger charge is 2.31. The summed E-state index contributed by atoms with van der Waals surface area (Å²) >= 11 is 5.92. The Kier molecular flexibility index (Phi) is 5.72. The molecule has 114 valence electrons. The fraction of sp³-hybridized carbons (Fsp3) is 0.385. The number of carbonyl (C=O) groups is 1. The molecule has 1 aromatic rings. The molecule has 0 saturated heterocycles. The van der Waals surface area contributed by atoms with E-state index >= 15 is 0 Å². The fourth-order valence-electron chi connectivity index (χ4n) is 1.72. The first-order valence-electron chi connectivity index (χ1n) is 6.17. The van der Waals surface area contributed by atoms with E-state index in [0.717, 1.165) is 4.31 Å². The van der Waals surface area contributed by atoms with Crippen molar-refractivity contribution in [3.63, 3.8) is 0 Å². The Hall–Kier alpha value is -1.62. The average Bonchev–Trinajstić information content (AvgIpc) is 2.43. The molecule has 6 nitrogen and oxygen atoms in total. The van der Waals surface area contributed by atoms with Crippen LogP contribution in [0.3, 0.4) is 0 Å². The van der Waals surface area contributed by atoms with Gasteiger partial charge >= 0.3 is 5.97 Å². The van der Waals surface area contributed by atoms with Crippen LogP contribution in [-0.4, -0.2) is 36.4 Å². The molecule has 1 N–H and O–H groups in total. The lowest BCUT2D eigenvalue weighted by atomic mass is 10.2. The minimum Gasteiger partial charge on any atom is -0.480 e. The van der Waals surface area contributed by atoms with Crippen LogP contribution in [0.25, 0.3) is 0 Å². The number of hydrogen-bond donors (Lipinski definition) is 1. The van der Waals surface area contributed by atoms with Gasteiger partial charge in [-0.15, -0.1) is 0 Å². The van der Waals surface area contributed by atoms with Gasteiger partial charge in [0.15, 0.2) is 0 Å². The molecular formula is C13H15ClN2O4S. The van der Waals surface area contributed by atoms with Gasteiger partial charge in [0.2, 0.25) is 10.0 Å². The number of halogens is 1. The zero-order valence-corrected chi connectivity index (χ0v) is 13.1. The Morgan fingerprint density at radius 2 is 2.14 bits per heavy atom. The van der Waals surface area contributed by atoms with Crippen molar-refractivity contribution in [2.45, 2.75) is 31.2 Å². The highest BCUT2D eigenvalue weighted by molar-refractivity contribution is 7.89. The predicted molar refractivity (Wildman–Crippen MR) is 77.4 cm³/mol. The Morgan fingerprint density at radius 1 is 1.52 bits per heavy atom. The molecule has 1 unspecified atom stereocenters. The monoisotopic (exact) mass is 330 g/mol. The first kappa shape index (κ1) is 17.4. The normalized spacial score (nSPS) is 12.9. The number of nitriles is 1. The number of sulfonamides is 1. The van der Waals surface area contributed by atoms with Crippen LogP contribution in [0.5, 0.6) is 0 Å². The smallest absolute Gasteiger partial charge is 0.318 e. The van der Waals surface area contributed by atoms with E-state index < -0.39 is 28.6 Å². The van der Waals surface area contributed by atoms with Gasteiger partial charge in [-0.25, -0.2) is 8.42 Å². The molecule has 21 heavy (non-hydrogen) atoms. The maximum atomic E-state index is 12.6. The number of rotatable bonds is 6. The van der Waals surface area contributed by atoms with Gasteiger partial charge < -0.3 is 5.11 Å². The molecule has 0 aliphatic carbocycles. The van der Waals surface area contributed by atoms with Crippen LogP contribution in [0, 0.1) is 11.3 Å². The molecule has 0 spiro atoms. The fourth-order valence-corrected chi connectivity index (χ4v) is 3.89. The number of benzene rings is 1. The summed E-state index contributed by atoms with van der Waals surface area (Å²) in [7, 11) is -4.05. The van der Waals surface area contributed by atoms with Crippen LogP contribution in [-0.2, 0) is 14.8 Å². The average molecular weight is 331 g/mol. The van der Waals surface area contributed by atoms with Gasteiger partial charge in [0, 0.05) is 6.04 Å². The molecule has 0 heterocycles. The lowest BCUT2D eigenvalue weighted by Gasteiger charge is -2.26. The number of carboxylic acid groups (broad SMARTS) is 1. The Labute approximate surface area is 128 Å². The van der Waals surface area contributed by atoms with Gasteiger partial charge in [0.25, 0.3) is 0 Å². The van der Waals surface area contributed by atoms with Crippen molar-refractivity contribution in [1.82, 2.24) is 4.31 Å². The topological polar surface area (TPSA) is 98.5 Å². The van der Waals surface area contributed by atoms with Crippen LogP contribution < -0.4 is 0 Å². The molecule has 0 aromatic heterocycles. The number of aliphatic carboxylic acids is 1. The van der Waals surface area contributed by atoms with Crippen molar-refractivity contribution in [1.29, 1.82) is 5.26 Å². The first-order chi connectivity index (χ1) is 9.73. The third kappa shape index (κ3) is 3.94. The second-order valence-electron chi connectivity index (χ2n) is 4.46. The summed E-state index contributed by atoms with van der Waals surface area (Å²) in [6.45, 7) is 2.74. The van der Waals surface area contributed by atoms with Crippen molar-refractivity contribution in [3.05, 3.63) is 28.8 Å². The second kappa shape index (κ2) is 6.89. The zero-order valence-electron chi connectivity index (χ0n) is 11.6. The van der Waals surface area contributed by atoms with E-state index in [9.17, 15) is 13.2 Å². The largest absolute Gasteiger partial charge is 0.480 e. The molecule has 1 atom stereocenters. The van der Waals surface area contributed by atoms with E-state index in [1.165, 1.54) is 18.2 Å². The van der Waals surface area contributed by atoms with Gasteiger partial charge in [-0.3, -0.25) is 4.79 Å². The third-order valence-electron chi connectivity index (χ3n) is 3.02. The standard InChI is InChI=1S/C13H15ClN2O4S/c1-3-9(2)16(8-13(17)18)21(19,20)12-5-4-10(7-15)6-11(12)14/h4-6,9H,3,8H2,1-2H3,(H,17,18). The molecule has 0 radical (unpaired) electrons. The lowest BCUT2D eigenvalue weighted by molar-refractivity contribution is -0.137. The van der Waals surface area contributed by atoms with E-state index in [1.54, 1.807) is 13.8 Å². The second-order valence-corrected chi connectivity index (χ2v) is 6.72. The van der Waals surface area contributed by atoms with E-state index in [-0.39, 0.29) is 15.5 Å². The van der Waals surface area contributed by atoms with E-state index in [0.29, 0.717) is 6.42 Å². The summed E-state index contributed by atoms with van der Waals surface area (Å²) in [5, 5.41) is 17.6. The van der Waals surface area contributed by atoms with E-state index in [4.69, 9.17) is 22.0 Å². The van der Waals surface area contributed by atoms with Gasteiger partial charge in [-0.1, -0.05) is 18.5 Å². The molecular weight excluding hydrogens is 316 g/mol. The quantitative estimate of drug-likeness (QED) is 0.861.